The second-order valence-electron chi connectivity index (χ2n) is 3.35. The molecule has 0 radical (unpaired) electrons. The maximum atomic E-state index is 12.9. The molecule has 0 N–H and O–H groups in total. The number of likely N-dealkylation sites (tertiary alicyclic amines) is 1. The van der Waals surface area contributed by atoms with E-state index in [-0.39, 0.29) is 5.92 Å². The molecule has 0 bridgehead atoms. The van der Waals surface area contributed by atoms with Crippen molar-refractivity contribution < 1.29 is 9.18 Å². The summed E-state index contributed by atoms with van der Waals surface area (Å²) in [7, 11) is 0. The number of aldehydes is 1. The largest absolute Gasteiger partial charge is 0.304 e. The molecule has 1 aliphatic heterocycles. The van der Waals surface area contributed by atoms with Gasteiger partial charge >= 0.3 is 0 Å². The summed E-state index contributed by atoms with van der Waals surface area (Å²) in [6.07, 6.45) is 0.859. The van der Waals surface area contributed by atoms with Gasteiger partial charge in [-0.05, 0) is 38.4 Å². The highest BCUT2D eigenvalue weighted by Gasteiger charge is 2.24. The van der Waals surface area contributed by atoms with E-state index in [1.807, 2.05) is 0 Å². The van der Waals surface area contributed by atoms with Crippen molar-refractivity contribution in [3.63, 3.8) is 0 Å². The van der Waals surface area contributed by atoms with Crippen molar-refractivity contribution >= 4 is 6.29 Å². The van der Waals surface area contributed by atoms with Crippen LogP contribution in [0.25, 0.3) is 0 Å². The van der Waals surface area contributed by atoms with Crippen LogP contribution in [0.15, 0.2) is 0 Å². The minimum atomic E-state index is -1.23. The van der Waals surface area contributed by atoms with Gasteiger partial charge in [0.2, 0.25) is 0 Å². The first-order valence-electron chi connectivity index (χ1n) is 4.59. The highest BCUT2D eigenvalue weighted by atomic mass is 19.1. The van der Waals surface area contributed by atoms with Gasteiger partial charge in [0.1, 0.15) is 0 Å². The Hall–Kier alpha value is -0.440. The summed E-state index contributed by atoms with van der Waals surface area (Å²) < 4.78 is 12.9. The predicted octanol–water partition coefficient (Wildman–Crippen LogP) is 1.26. The molecule has 12 heavy (non-hydrogen) atoms. The minimum Gasteiger partial charge on any atom is -0.304 e. The van der Waals surface area contributed by atoms with Crippen LogP contribution in [0.4, 0.5) is 4.39 Å². The number of rotatable bonds is 3. The molecule has 0 aromatic heterocycles. The van der Waals surface area contributed by atoms with Crippen molar-refractivity contribution in [3.8, 4) is 0 Å². The van der Waals surface area contributed by atoms with Crippen molar-refractivity contribution in [2.24, 2.45) is 5.92 Å². The smallest absolute Gasteiger partial charge is 0.158 e. The molecule has 0 aromatic carbocycles. The minimum absolute atomic E-state index is 0.0229. The van der Waals surface area contributed by atoms with Crippen molar-refractivity contribution in [1.82, 2.24) is 4.90 Å². The van der Waals surface area contributed by atoms with Gasteiger partial charge in [0, 0.05) is 0 Å². The fourth-order valence-corrected chi connectivity index (χ4v) is 1.70. The molecule has 1 fully saturated rings. The third kappa shape index (κ3) is 2.27. The number of halogens is 1. The van der Waals surface area contributed by atoms with E-state index in [1.54, 1.807) is 0 Å². The molecular formula is C9H16FNO. The number of piperidine rings is 1. The van der Waals surface area contributed by atoms with Crippen molar-refractivity contribution in [1.29, 1.82) is 0 Å². The van der Waals surface area contributed by atoms with E-state index in [9.17, 15) is 9.18 Å². The summed E-state index contributed by atoms with van der Waals surface area (Å²) in [6.45, 7) is 5.02. The lowest BCUT2D eigenvalue weighted by Gasteiger charge is -2.31. The summed E-state index contributed by atoms with van der Waals surface area (Å²) in [6, 6.07) is 0. The van der Waals surface area contributed by atoms with E-state index in [0.717, 1.165) is 32.5 Å². The Bertz CT molecular complexity index is 143. The lowest BCUT2D eigenvalue weighted by molar-refractivity contribution is -0.114. The third-order valence-corrected chi connectivity index (χ3v) is 2.66. The lowest BCUT2D eigenvalue weighted by atomic mass is 9.93. The first-order chi connectivity index (χ1) is 5.77. The fourth-order valence-electron chi connectivity index (χ4n) is 1.70. The second-order valence-corrected chi connectivity index (χ2v) is 3.35. The number of nitrogens with zero attached hydrogens (tertiary/aromatic N) is 1. The molecule has 0 amide bonds. The van der Waals surface area contributed by atoms with Crippen LogP contribution in [-0.2, 0) is 4.79 Å². The molecule has 0 spiro atoms. The molecule has 2 nitrogen and oxygen atoms in total. The standard InChI is InChI=1S/C9H16FNO/c1-2-11-5-3-8(4-6-11)9(10)7-12/h7-9H,2-6H2,1H3. The van der Waals surface area contributed by atoms with Crippen LogP contribution in [0.2, 0.25) is 0 Å². The number of carbonyl (C=O) groups excluding carboxylic acids is 1. The van der Waals surface area contributed by atoms with Gasteiger partial charge in [-0.25, -0.2) is 4.39 Å². The lowest BCUT2D eigenvalue weighted by Crippen LogP contribution is -2.36. The third-order valence-electron chi connectivity index (χ3n) is 2.66. The van der Waals surface area contributed by atoms with Gasteiger partial charge in [-0.3, -0.25) is 0 Å². The molecule has 1 unspecified atom stereocenters. The van der Waals surface area contributed by atoms with Crippen molar-refractivity contribution in [3.05, 3.63) is 0 Å². The highest BCUT2D eigenvalue weighted by molar-refractivity contribution is 5.56. The van der Waals surface area contributed by atoms with Gasteiger partial charge in [0.15, 0.2) is 12.5 Å². The first-order valence-corrected chi connectivity index (χ1v) is 4.59. The Morgan fingerprint density at radius 1 is 1.58 bits per heavy atom. The zero-order valence-corrected chi connectivity index (χ0v) is 7.50. The molecule has 0 aromatic rings. The Kier molecular flexibility index (Phi) is 3.66. The summed E-state index contributed by atoms with van der Waals surface area (Å²) in [5.41, 5.74) is 0. The topological polar surface area (TPSA) is 20.3 Å². The Labute approximate surface area is 72.7 Å². The van der Waals surface area contributed by atoms with Crippen LogP contribution in [0.3, 0.4) is 0 Å². The first kappa shape index (κ1) is 9.65. The van der Waals surface area contributed by atoms with Crippen LogP contribution in [0, 0.1) is 5.92 Å². The van der Waals surface area contributed by atoms with Gasteiger partial charge in [-0.15, -0.1) is 0 Å². The predicted molar refractivity (Wildman–Crippen MR) is 45.8 cm³/mol. The maximum Gasteiger partial charge on any atom is 0.158 e. The summed E-state index contributed by atoms with van der Waals surface area (Å²) >= 11 is 0. The van der Waals surface area contributed by atoms with Gasteiger partial charge in [-0.2, -0.15) is 0 Å². The maximum absolute atomic E-state index is 12.9. The fraction of sp³-hybridized carbons (Fsp3) is 0.889. The van der Waals surface area contributed by atoms with E-state index in [1.165, 1.54) is 0 Å². The average Bonchev–Trinajstić information content (AvgIpc) is 2.17. The van der Waals surface area contributed by atoms with Crippen LogP contribution in [0.5, 0.6) is 0 Å². The molecule has 0 saturated carbocycles. The van der Waals surface area contributed by atoms with Gasteiger partial charge in [0.25, 0.3) is 0 Å². The van der Waals surface area contributed by atoms with Crippen LogP contribution in [-0.4, -0.2) is 37.0 Å². The number of alkyl halides is 1. The number of hydrogen-bond donors (Lipinski definition) is 0. The average molecular weight is 173 g/mol. The normalized spacial score (nSPS) is 23.8. The van der Waals surface area contributed by atoms with Gasteiger partial charge in [-0.1, -0.05) is 6.92 Å². The van der Waals surface area contributed by atoms with Crippen molar-refractivity contribution in [2.75, 3.05) is 19.6 Å². The van der Waals surface area contributed by atoms with E-state index in [2.05, 4.69) is 11.8 Å². The molecule has 3 heteroatoms. The van der Waals surface area contributed by atoms with Crippen LogP contribution < -0.4 is 0 Å². The SMILES string of the molecule is CCN1CCC(C(F)C=O)CC1. The van der Waals surface area contributed by atoms with E-state index in [0.29, 0.717) is 6.29 Å². The van der Waals surface area contributed by atoms with Crippen LogP contribution in [0.1, 0.15) is 19.8 Å². The van der Waals surface area contributed by atoms with Gasteiger partial charge in [0.05, 0.1) is 0 Å². The highest BCUT2D eigenvalue weighted by Crippen LogP contribution is 2.21. The summed E-state index contributed by atoms with van der Waals surface area (Å²) in [5, 5.41) is 0. The molecule has 1 rings (SSSR count). The zero-order valence-electron chi connectivity index (χ0n) is 7.50. The Morgan fingerprint density at radius 2 is 2.17 bits per heavy atom. The zero-order chi connectivity index (χ0) is 8.97. The van der Waals surface area contributed by atoms with E-state index < -0.39 is 6.17 Å². The van der Waals surface area contributed by atoms with Crippen molar-refractivity contribution in [2.45, 2.75) is 25.9 Å². The van der Waals surface area contributed by atoms with E-state index >= 15 is 0 Å². The van der Waals surface area contributed by atoms with Crippen LogP contribution >= 0.6 is 0 Å². The monoisotopic (exact) mass is 173 g/mol. The Morgan fingerprint density at radius 3 is 2.58 bits per heavy atom. The molecule has 1 aliphatic rings. The quantitative estimate of drug-likeness (QED) is 0.599. The number of hydrogen-bond acceptors (Lipinski definition) is 2. The molecule has 70 valence electrons. The molecular weight excluding hydrogens is 157 g/mol. The van der Waals surface area contributed by atoms with Gasteiger partial charge < -0.3 is 9.69 Å². The molecule has 1 atom stereocenters. The summed E-state index contributed by atoms with van der Waals surface area (Å²) in [4.78, 5) is 12.5. The second kappa shape index (κ2) is 4.55. The number of carbonyl (C=O) groups is 1. The molecule has 1 saturated heterocycles. The Balaban J connectivity index is 2.30. The molecule has 1 heterocycles. The molecule has 0 aliphatic carbocycles. The summed E-state index contributed by atoms with van der Waals surface area (Å²) in [5.74, 6) is -0.0229. The van der Waals surface area contributed by atoms with E-state index in [4.69, 9.17) is 0 Å².